The number of fused-ring (bicyclic) bond motifs is 2. The van der Waals surface area contributed by atoms with Gasteiger partial charge in [0.2, 0.25) is 5.91 Å². The van der Waals surface area contributed by atoms with Gasteiger partial charge in [0.15, 0.2) is 11.5 Å². The number of piperazine rings is 1. The molecule has 2 heterocycles. The lowest BCUT2D eigenvalue weighted by Crippen LogP contribution is -3.13. The van der Waals surface area contributed by atoms with Gasteiger partial charge in [-0.15, -0.1) is 0 Å². The summed E-state index contributed by atoms with van der Waals surface area (Å²) in [5.74, 6) is 0.839. The first-order valence-electron chi connectivity index (χ1n) is 10.7. The number of para-hydroxylation sites is 2. The van der Waals surface area contributed by atoms with Gasteiger partial charge in [0.05, 0.1) is 26.2 Å². The highest BCUT2D eigenvalue weighted by molar-refractivity contribution is 5.85. The molecule has 30 heavy (non-hydrogen) atoms. The summed E-state index contributed by atoms with van der Waals surface area (Å²) in [6, 6.07) is 22.8. The number of aryl methyl sites for hydroxylation is 1. The average molecular weight is 401 g/mol. The van der Waals surface area contributed by atoms with Crippen LogP contribution in [0.2, 0.25) is 0 Å². The Hall–Kier alpha value is -3.18. The number of amides is 1. The summed E-state index contributed by atoms with van der Waals surface area (Å²) in [5.41, 5.74) is 3.02. The summed E-state index contributed by atoms with van der Waals surface area (Å²) < 4.78 is 5.74. The van der Waals surface area contributed by atoms with E-state index in [2.05, 4.69) is 47.4 Å². The summed E-state index contributed by atoms with van der Waals surface area (Å²) in [6.45, 7) is 4.60. The van der Waals surface area contributed by atoms with Crippen molar-refractivity contribution in [1.82, 2.24) is 9.88 Å². The first kappa shape index (κ1) is 18.8. The molecular weight excluding hydrogens is 374 g/mol. The molecule has 1 aliphatic heterocycles. The van der Waals surface area contributed by atoms with Gasteiger partial charge in [0.25, 0.3) is 0 Å². The van der Waals surface area contributed by atoms with Crippen LogP contribution in [-0.4, -0.2) is 42.0 Å². The minimum Gasteiger partial charge on any atom is -0.441 e. The van der Waals surface area contributed by atoms with Gasteiger partial charge in [-0.2, -0.15) is 0 Å². The van der Waals surface area contributed by atoms with E-state index >= 15 is 0 Å². The van der Waals surface area contributed by atoms with Crippen LogP contribution in [0.5, 0.6) is 0 Å². The SMILES string of the molecule is O=C(CCc1nc2ccccc2o1)N1CC[NH+](Cc2cccc3ccccc23)CC1. The van der Waals surface area contributed by atoms with E-state index in [4.69, 9.17) is 4.42 Å². The molecule has 0 unspecified atom stereocenters. The number of rotatable bonds is 5. The normalized spacial score (nSPS) is 15.1. The van der Waals surface area contributed by atoms with Crippen molar-refractivity contribution >= 4 is 27.8 Å². The van der Waals surface area contributed by atoms with Crippen LogP contribution in [0.4, 0.5) is 0 Å². The molecule has 1 aromatic heterocycles. The summed E-state index contributed by atoms with van der Waals surface area (Å²) in [7, 11) is 0. The van der Waals surface area contributed by atoms with Gasteiger partial charge in [-0.05, 0) is 22.9 Å². The molecule has 3 aromatic carbocycles. The highest BCUT2D eigenvalue weighted by Gasteiger charge is 2.24. The topological polar surface area (TPSA) is 50.8 Å². The number of benzene rings is 3. The molecule has 1 amide bonds. The van der Waals surface area contributed by atoms with Gasteiger partial charge in [-0.1, -0.05) is 54.6 Å². The van der Waals surface area contributed by atoms with E-state index in [1.54, 1.807) is 0 Å². The number of nitrogens with one attached hydrogen (secondary N) is 1. The number of quaternary nitrogens is 1. The van der Waals surface area contributed by atoms with E-state index in [1.165, 1.54) is 21.2 Å². The fourth-order valence-corrected chi connectivity index (χ4v) is 4.36. The molecule has 1 saturated heterocycles. The Morgan fingerprint density at radius 2 is 1.73 bits per heavy atom. The van der Waals surface area contributed by atoms with Gasteiger partial charge in [0, 0.05) is 18.4 Å². The predicted octanol–water partition coefficient (Wildman–Crippen LogP) is 2.84. The Morgan fingerprint density at radius 3 is 2.60 bits per heavy atom. The molecule has 0 atom stereocenters. The van der Waals surface area contributed by atoms with Crippen molar-refractivity contribution in [3.8, 4) is 0 Å². The molecule has 0 aliphatic carbocycles. The van der Waals surface area contributed by atoms with E-state index in [0.717, 1.165) is 43.8 Å². The average Bonchev–Trinajstić information content (AvgIpc) is 3.21. The number of nitrogens with zero attached hydrogens (tertiary/aromatic N) is 2. The molecule has 1 fully saturated rings. The van der Waals surface area contributed by atoms with E-state index in [9.17, 15) is 4.79 Å². The number of oxazole rings is 1. The third-order valence-corrected chi connectivity index (χ3v) is 6.03. The first-order valence-corrected chi connectivity index (χ1v) is 10.7. The van der Waals surface area contributed by atoms with Crippen LogP contribution in [0.1, 0.15) is 17.9 Å². The maximum atomic E-state index is 12.7. The first-order chi connectivity index (χ1) is 14.8. The Kier molecular flexibility index (Phi) is 5.20. The molecule has 0 bridgehead atoms. The molecule has 5 nitrogen and oxygen atoms in total. The van der Waals surface area contributed by atoms with E-state index in [-0.39, 0.29) is 5.91 Å². The van der Waals surface area contributed by atoms with Crippen LogP contribution in [0.3, 0.4) is 0 Å². The minimum atomic E-state index is 0.196. The molecule has 152 valence electrons. The number of hydrogen-bond acceptors (Lipinski definition) is 3. The van der Waals surface area contributed by atoms with E-state index < -0.39 is 0 Å². The quantitative estimate of drug-likeness (QED) is 0.561. The van der Waals surface area contributed by atoms with Crippen LogP contribution in [0, 0.1) is 0 Å². The van der Waals surface area contributed by atoms with Crippen molar-refractivity contribution in [1.29, 1.82) is 0 Å². The number of carbonyl (C=O) groups is 1. The van der Waals surface area contributed by atoms with Crippen molar-refractivity contribution in [2.75, 3.05) is 26.2 Å². The third-order valence-electron chi connectivity index (χ3n) is 6.03. The van der Waals surface area contributed by atoms with Crippen LogP contribution in [0.25, 0.3) is 21.9 Å². The molecule has 1 N–H and O–H groups in total. The Bertz CT molecular complexity index is 1140. The van der Waals surface area contributed by atoms with E-state index in [0.29, 0.717) is 18.7 Å². The zero-order chi connectivity index (χ0) is 20.3. The highest BCUT2D eigenvalue weighted by Crippen LogP contribution is 2.18. The molecule has 0 saturated carbocycles. The third kappa shape index (κ3) is 3.94. The number of aromatic nitrogens is 1. The summed E-state index contributed by atoms with van der Waals surface area (Å²) in [4.78, 5) is 20.7. The van der Waals surface area contributed by atoms with Gasteiger partial charge < -0.3 is 14.2 Å². The Morgan fingerprint density at radius 1 is 0.967 bits per heavy atom. The zero-order valence-electron chi connectivity index (χ0n) is 17.0. The van der Waals surface area contributed by atoms with Crippen LogP contribution < -0.4 is 4.90 Å². The molecule has 5 rings (SSSR count). The van der Waals surface area contributed by atoms with Crippen molar-refractivity contribution < 1.29 is 14.1 Å². The maximum Gasteiger partial charge on any atom is 0.223 e. The van der Waals surface area contributed by atoms with Crippen molar-refractivity contribution in [3.63, 3.8) is 0 Å². The molecule has 0 spiro atoms. The van der Waals surface area contributed by atoms with Crippen LogP contribution in [-0.2, 0) is 17.8 Å². The second kappa shape index (κ2) is 8.28. The maximum absolute atomic E-state index is 12.7. The Balaban J connectivity index is 1.15. The monoisotopic (exact) mass is 400 g/mol. The largest absolute Gasteiger partial charge is 0.441 e. The summed E-state index contributed by atoms with van der Waals surface area (Å²) in [5, 5.41) is 2.63. The summed E-state index contributed by atoms with van der Waals surface area (Å²) >= 11 is 0. The lowest BCUT2D eigenvalue weighted by atomic mass is 10.0. The smallest absolute Gasteiger partial charge is 0.223 e. The van der Waals surface area contributed by atoms with Crippen LogP contribution >= 0.6 is 0 Å². The molecule has 4 aromatic rings. The Labute approximate surface area is 175 Å². The predicted molar refractivity (Wildman–Crippen MR) is 117 cm³/mol. The molecule has 1 aliphatic rings. The fourth-order valence-electron chi connectivity index (χ4n) is 4.36. The summed E-state index contributed by atoms with van der Waals surface area (Å²) in [6.07, 6.45) is 1.00. The van der Waals surface area contributed by atoms with Gasteiger partial charge in [0.1, 0.15) is 12.1 Å². The highest BCUT2D eigenvalue weighted by atomic mass is 16.3. The number of carbonyl (C=O) groups excluding carboxylic acids is 1. The van der Waals surface area contributed by atoms with Crippen LogP contribution in [0.15, 0.2) is 71.1 Å². The fraction of sp³-hybridized carbons (Fsp3) is 0.280. The van der Waals surface area contributed by atoms with Gasteiger partial charge in [-0.3, -0.25) is 4.79 Å². The van der Waals surface area contributed by atoms with Crippen molar-refractivity contribution in [2.45, 2.75) is 19.4 Å². The van der Waals surface area contributed by atoms with Crippen molar-refractivity contribution in [2.24, 2.45) is 0 Å². The number of hydrogen-bond donors (Lipinski definition) is 1. The second-order valence-electron chi connectivity index (χ2n) is 8.02. The lowest BCUT2D eigenvalue weighted by Gasteiger charge is -2.32. The zero-order valence-corrected chi connectivity index (χ0v) is 17.0. The molecular formula is C25H26N3O2+. The molecule has 5 heteroatoms. The standard InChI is InChI=1S/C25H25N3O2/c29-25(13-12-24-26-22-10-3-4-11-23(22)30-24)28-16-14-27(15-17-28)18-20-8-5-7-19-6-1-2-9-21(19)20/h1-11H,12-18H2/p+1. The molecule has 0 radical (unpaired) electrons. The van der Waals surface area contributed by atoms with Crippen molar-refractivity contribution in [3.05, 3.63) is 78.2 Å². The van der Waals surface area contributed by atoms with Gasteiger partial charge >= 0.3 is 0 Å². The minimum absolute atomic E-state index is 0.196. The van der Waals surface area contributed by atoms with Gasteiger partial charge in [-0.25, -0.2) is 4.98 Å². The second-order valence-corrected chi connectivity index (χ2v) is 8.02. The van der Waals surface area contributed by atoms with E-state index in [1.807, 2.05) is 29.2 Å². The lowest BCUT2D eigenvalue weighted by molar-refractivity contribution is -0.917.